The molecule has 0 spiro atoms. The molecule has 0 radical (unpaired) electrons. The van der Waals surface area contributed by atoms with Crippen molar-refractivity contribution in [2.45, 2.75) is 18.9 Å². The van der Waals surface area contributed by atoms with Gasteiger partial charge in [0, 0.05) is 19.6 Å². The van der Waals surface area contributed by atoms with Crippen molar-refractivity contribution in [2.24, 2.45) is 11.8 Å². The van der Waals surface area contributed by atoms with E-state index in [0.717, 1.165) is 19.4 Å². The Bertz CT molecular complexity index is 181. The summed E-state index contributed by atoms with van der Waals surface area (Å²) in [5.41, 5.74) is 0. The van der Waals surface area contributed by atoms with Crippen LogP contribution < -0.4 is 5.32 Å². The maximum Gasteiger partial charge on any atom is 0.225 e. The summed E-state index contributed by atoms with van der Waals surface area (Å²) in [5.74, 6) is 0.895. The number of fused-ring (bicyclic) bond motifs is 2. The molecule has 1 amide bonds. The van der Waals surface area contributed by atoms with Gasteiger partial charge < -0.3 is 10.1 Å². The van der Waals surface area contributed by atoms with Gasteiger partial charge in [0.05, 0.1) is 12.0 Å². The van der Waals surface area contributed by atoms with Crippen molar-refractivity contribution in [1.82, 2.24) is 5.32 Å². The third-order valence-corrected chi connectivity index (χ3v) is 2.86. The van der Waals surface area contributed by atoms with Crippen LogP contribution in [-0.2, 0) is 9.53 Å². The van der Waals surface area contributed by atoms with Gasteiger partial charge in [-0.1, -0.05) is 0 Å². The van der Waals surface area contributed by atoms with Crippen molar-refractivity contribution in [3.8, 4) is 0 Å². The number of ether oxygens (including phenoxy) is 1. The highest BCUT2D eigenvalue weighted by atomic mass is 16.5. The zero-order valence-electron chi connectivity index (χ0n) is 6.67. The second kappa shape index (κ2) is 2.48. The number of carbonyl (C=O) groups is 1. The standard InChI is InChI=1S/C8H13NO2/c1-11-7-5-2-3-6(7)8(10)9-4-5/h5-7H,2-4H2,1H3,(H,9,10)/t5-,6-,7+/m1/s1. The van der Waals surface area contributed by atoms with Gasteiger partial charge in [-0.25, -0.2) is 0 Å². The number of carbonyl (C=O) groups excluding carboxylic acids is 1. The second-order valence-corrected chi connectivity index (χ2v) is 3.39. The van der Waals surface area contributed by atoms with Crippen molar-refractivity contribution in [1.29, 1.82) is 0 Å². The first-order chi connectivity index (χ1) is 5.33. The summed E-state index contributed by atoms with van der Waals surface area (Å²) in [7, 11) is 1.70. The van der Waals surface area contributed by atoms with Gasteiger partial charge in [0.2, 0.25) is 5.91 Å². The van der Waals surface area contributed by atoms with Crippen LogP contribution in [0.2, 0.25) is 0 Å². The summed E-state index contributed by atoms with van der Waals surface area (Å²) in [5, 5.41) is 2.89. The van der Waals surface area contributed by atoms with E-state index in [1.54, 1.807) is 7.11 Å². The van der Waals surface area contributed by atoms with Crippen LogP contribution in [0.5, 0.6) is 0 Å². The fourth-order valence-corrected chi connectivity index (χ4v) is 2.27. The Labute approximate surface area is 66.1 Å². The van der Waals surface area contributed by atoms with E-state index in [9.17, 15) is 4.79 Å². The molecule has 2 fully saturated rings. The van der Waals surface area contributed by atoms with Crippen LogP contribution in [0.1, 0.15) is 12.8 Å². The molecule has 3 atom stereocenters. The Morgan fingerprint density at radius 3 is 3.00 bits per heavy atom. The summed E-state index contributed by atoms with van der Waals surface area (Å²) in [6.45, 7) is 0.813. The molecule has 0 aromatic heterocycles. The molecule has 2 bridgehead atoms. The second-order valence-electron chi connectivity index (χ2n) is 3.39. The monoisotopic (exact) mass is 155 g/mol. The fourth-order valence-electron chi connectivity index (χ4n) is 2.27. The van der Waals surface area contributed by atoms with Gasteiger partial charge in [0.1, 0.15) is 0 Å². The minimum Gasteiger partial charge on any atom is -0.380 e. The molecule has 11 heavy (non-hydrogen) atoms. The van der Waals surface area contributed by atoms with Crippen LogP contribution in [0, 0.1) is 11.8 Å². The number of rotatable bonds is 1. The SMILES string of the molecule is CO[C@H]1[C@@H]2CC[C@H]1C(=O)NC2. The van der Waals surface area contributed by atoms with Crippen LogP contribution in [0.4, 0.5) is 0 Å². The number of nitrogens with one attached hydrogen (secondary N) is 1. The number of piperidine rings is 1. The normalized spacial score (nSPS) is 42.3. The minimum absolute atomic E-state index is 0.138. The summed E-state index contributed by atoms with van der Waals surface area (Å²) in [6.07, 6.45) is 2.35. The molecule has 1 heterocycles. The van der Waals surface area contributed by atoms with Crippen LogP contribution in [0.25, 0.3) is 0 Å². The van der Waals surface area contributed by atoms with E-state index in [1.165, 1.54) is 0 Å². The maximum atomic E-state index is 11.2. The van der Waals surface area contributed by atoms with Crippen molar-refractivity contribution in [2.75, 3.05) is 13.7 Å². The van der Waals surface area contributed by atoms with Gasteiger partial charge in [0.15, 0.2) is 0 Å². The van der Waals surface area contributed by atoms with Gasteiger partial charge in [-0.05, 0) is 12.8 Å². The van der Waals surface area contributed by atoms with Crippen LogP contribution in [0.15, 0.2) is 0 Å². The molecule has 62 valence electrons. The number of methoxy groups -OCH3 is 1. The zero-order valence-corrected chi connectivity index (χ0v) is 6.67. The smallest absolute Gasteiger partial charge is 0.225 e. The molecule has 2 aliphatic rings. The molecule has 2 rings (SSSR count). The lowest BCUT2D eigenvalue weighted by Gasteiger charge is -2.28. The molecule has 0 unspecified atom stereocenters. The molecule has 0 aromatic carbocycles. The van der Waals surface area contributed by atoms with Crippen molar-refractivity contribution < 1.29 is 9.53 Å². The third kappa shape index (κ3) is 0.948. The fraction of sp³-hybridized carbons (Fsp3) is 0.875. The first-order valence-corrected chi connectivity index (χ1v) is 4.13. The molecule has 0 aromatic rings. The van der Waals surface area contributed by atoms with Crippen molar-refractivity contribution >= 4 is 5.91 Å². The van der Waals surface area contributed by atoms with Crippen molar-refractivity contribution in [3.05, 3.63) is 0 Å². The largest absolute Gasteiger partial charge is 0.380 e. The lowest BCUT2D eigenvalue weighted by Crippen LogP contribution is -2.46. The Morgan fingerprint density at radius 1 is 1.55 bits per heavy atom. The lowest BCUT2D eigenvalue weighted by molar-refractivity contribution is -0.132. The van der Waals surface area contributed by atoms with Gasteiger partial charge in [-0.15, -0.1) is 0 Å². The third-order valence-electron chi connectivity index (χ3n) is 2.86. The van der Waals surface area contributed by atoms with E-state index in [4.69, 9.17) is 4.74 Å². The average molecular weight is 155 g/mol. The predicted octanol–water partition coefficient (Wildman–Crippen LogP) is 0.157. The summed E-state index contributed by atoms with van der Waals surface area (Å²) in [4.78, 5) is 11.2. The predicted molar refractivity (Wildman–Crippen MR) is 40.0 cm³/mol. The Hall–Kier alpha value is -0.570. The highest BCUT2D eigenvalue weighted by molar-refractivity contribution is 5.80. The topological polar surface area (TPSA) is 38.3 Å². The summed E-state index contributed by atoms with van der Waals surface area (Å²) >= 11 is 0. The summed E-state index contributed by atoms with van der Waals surface area (Å²) < 4.78 is 5.29. The van der Waals surface area contributed by atoms with E-state index in [1.807, 2.05) is 0 Å². The van der Waals surface area contributed by atoms with E-state index in [2.05, 4.69) is 5.32 Å². The molecule has 1 N–H and O–H groups in total. The Kier molecular flexibility index (Phi) is 1.60. The van der Waals surface area contributed by atoms with E-state index in [0.29, 0.717) is 5.92 Å². The van der Waals surface area contributed by atoms with E-state index < -0.39 is 0 Å². The van der Waals surface area contributed by atoms with Crippen LogP contribution in [0.3, 0.4) is 0 Å². The average Bonchev–Trinajstić information content (AvgIpc) is 2.34. The Balaban J connectivity index is 2.16. The van der Waals surface area contributed by atoms with Crippen LogP contribution in [-0.4, -0.2) is 25.7 Å². The van der Waals surface area contributed by atoms with Gasteiger partial charge in [0.25, 0.3) is 0 Å². The van der Waals surface area contributed by atoms with E-state index in [-0.39, 0.29) is 17.9 Å². The molecular formula is C8H13NO2. The number of hydrogen-bond acceptors (Lipinski definition) is 2. The zero-order chi connectivity index (χ0) is 7.84. The highest BCUT2D eigenvalue weighted by Crippen LogP contribution is 2.35. The van der Waals surface area contributed by atoms with E-state index >= 15 is 0 Å². The first kappa shape index (κ1) is 7.10. The number of amides is 1. The van der Waals surface area contributed by atoms with Crippen LogP contribution >= 0.6 is 0 Å². The van der Waals surface area contributed by atoms with Gasteiger partial charge in [-0.2, -0.15) is 0 Å². The maximum absolute atomic E-state index is 11.2. The molecule has 1 aliphatic heterocycles. The minimum atomic E-state index is 0.138. The molecule has 1 saturated heterocycles. The molecule has 1 saturated carbocycles. The highest BCUT2D eigenvalue weighted by Gasteiger charge is 2.43. The molecular weight excluding hydrogens is 142 g/mol. The molecule has 3 nitrogen and oxygen atoms in total. The lowest BCUT2D eigenvalue weighted by atomic mass is 9.96. The Morgan fingerprint density at radius 2 is 2.36 bits per heavy atom. The van der Waals surface area contributed by atoms with Gasteiger partial charge >= 0.3 is 0 Å². The van der Waals surface area contributed by atoms with Gasteiger partial charge in [-0.3, -0.25) is 4.79 Å². The summed E-state index contributed by atoms with van der Waals surface area (Å²) in [6, 6.07) is 0. The number of hydrogen-bond donors (Lipinski definition) is 1. The quantitative estimate of drug-likeness (QED) is 0.585. The molecule has 1 aliphatic carbocycles. The van der Waals surface area contributed by atoms with Crippen molar-refractivity contribution in [3.63, 3.8) is 0 Å². The first-order valence-electron chi connectivity index (χ1n) is 4.13. The molecule has 3 heteroatoms.